The molecule has 1 aromatic heterocycles. The van der Waals surface area contributed by atoms with Gasteiger partial charge in [0, 0.05) is 35.4 Å². The average molecular weight is 582 g/mol. The molecule has 1 unspecified atom stereocenters. The van der Waals surface area contributed by atoms with Gasteiger partial charge in [-0.1, -0.05) is 11.6 Å². The standard InChI is InChI=1S/C27H28ClN7O6/c1-41-27(40)34-12-2-3-17(15-34)13-22(25(37)30-21-8-4-18(5-9-21)26(38)39)31-24(36)11-6-19-14-20(28)7-10-23(19)35-16-29-32-33-35/h4-11,14,16-17,22H,2-3,12-13,15H2,1H3,(H,30,37)(H,31,36)(H,38,39)/b11-6+/t17?,22-/m0/s1. The molecule has 0 saturated carbocycles. The fourth-order valence-electron chi connectivity index (χ4n) is 4.57. The molecular weight excluding hydrogens is 554 g/mol. The highest BCUT2D eigenvalue weighted by atomic mass is 35.5. The van der Waals surface area contributed by atoms with Gasteiger partial charge >= 0.3 is 12.1 Å². The number of hydrogen-bond acceptors (Lipinski definition) is 8. The number of benzene rings is 2. The molecule has 0 aliphatic carbocycles. The van der Waals surface area contributed by atoms with Crippen LogP contribution in [0.1, 0.15) is 35.2 Å². The molecule has 13 nitrogen and oxygen atoms in total. The van der Waals surface area contributed by atoms with Crippen LogP contribution in [-0.4, -0.2) is 80.3 Å². The number of carboxylic acids is 1. The zero-order valence-electron chi connectivity index (χ0n) is 22.1. The molecule has 2 aromatic carbocycles. The van der Waals surface area contributed by atoms with Crippen molar-refractivity contribution in [3.8, 4) is 5.69 Å². The largest absolute Gasteiger partial charge is 0.478 e. The number of carbonyl (C=O) groups excluding carboxylic acids is 3. The minimum atomic E-state index is -1.09. The van der Waals surface area contributed by atoms with E-state index in [2.05, 4.69) is 26.2 Å². The smallest absolute Gasteiger partial charge is 0.409 e. The number of likely N-dealkylation sites (tertiary alicyclic amines) is 1. The Bertz CT molecular complexity index is 1430. The summed E-state index contributed by atoms with van der Waals surface area (Å²) in [5.41, 5.74) is 1.61. The Morgan fingerprint density at radius 3 is 2.66 bits per heavy atom. The van der Waals surface area contributed by atoms with Crippen molar-refractivity contribution in [2.45, 2.75) is 25.3 Å². The van der Waals surface area contributed by atoms with E-state index >= 15 is 0 Å². The van der Waals surface area contributed by atoms with Crippen molar-refractivity contribution in [2.24, 2.45) is 5.92 Å². The van der Waals surface area contributed by atoms with Gasteiger partial charge in [0.25, 0.3) is 0 Å². The first-order chi connectivity index (χ1) is 19.7. The summed E-state index contributed by atoms with van der Waals surface area (Å²) in [7, 11) is 1.31. The summed E-state index contributed by atoms with van der Waals surface area (Å²) in [5.74, 6) is -2.18. The summed E-state index contributed by atoms with van der Waals surface area (Å²) >= 11 is 6.16. The lowest BCUT2D eigenvalue weighted by Crippen LogP contribution is -2.47. The number of halogens is 1. The topological polar surface area (TPSA) is 169 Å². The van der Waals surface area contributed by atoms with Crippen LogP contribution < -0.4 is 10.6 Å². The summed E-state index contributed by atoms with van der Waals surface area (Å²) in [4.78, 5) is 51.2. The van der Waals surface area contributed by atoms with Crippen LogP contribution in [0.2, 0.25) is 5.02 Å². The summed E-state index contributed by atoms with van der Waals surface area (Å²) in [6.45, 7) is 0.932. The van der Waals surface area contributed by atoms with Crippen LogP contribution in [0.15, 0.2) is 54.9 Å². The van der Waals surface area contributed by atoms with Gasteiger partial charge in [0.2, 0.25) is 11.8 Å². The van der Waals surface area contributed by atoms with Gasteiger partial charge in [-0.3, -0.25) is 9.59 Å². The van der Waals surface area contributed by atoms with Crippen molar-refractivity contribution in [3.05, 3.63) is 71.0 Å². The number of tetrazole rings is 1. The molecule has 1 fully saturated rings. The second-order valence-electron chi connectivity index (χ2n) is 9.38. The number of aromatic nitrogens is 4. The summed E-state index contributed by atoms with van der Waals surface area (Å²) in [5, 5.41) is 26.2. The van der Waals surface area contributed by atoms with Gasteiger partial charge in [0.1, 0.15) is 12.4 Å². The first kappa shape index (κ1) is 29.2. The maximum atomic E-state index is 13.3. The molecule has 214 valence electrons. The Kier molecular flexibility index (Phi) is 9.64. The molecule has 3 amide bonds. The Morgan fingerprint density at radius 1 is 1.20 bits per heavy atom. The molecule has 2 atom stereocenters. The van der Waals surface area contributed by atoms with Gasteiger partial charge in [-0.2, -0.15) is 4.68 Å². The molecule has 14 heteroatoms. The van der Waals surface area contributed by atoms with Gasteiger partial charge in [-0.25, -0.2) is 9.59 Å². The molecule has 0 spiro atoms. The van der Waals surface area contributed by atoms with Gasteiger partial charge in [-0.05, 0) is 84.1 Å². The van der Waals surface area contributed by atoms with Crippen molar-refractivity contribution < 1.29 is 29.0 Å². The highest BCUT2D eigenvalue weighted by Gasteiger charge is 2.30. The number of anilines is 1. The molecule has 1 aliphatic heterocycles. The Morgan fingerprint density at radius 2 is 1.98 bits per heavy atom. The highest BCUT2D eigenvalue weighted by Crippen LogP contribution is 2.23. The number of aromatic carboxylic acids is 1. The number of amides is 3. The molecule has 3 aromatic rings. The quantitative estimate of drug-likeness (QED) is 0.321. The van der Waals surface area contributed by atoms with E-state index in [0.717, 1.165) is 12.8 Å². The number of nitrogens with zero attached hydrogens (tertiary/aromatic N) is 5. The molecular formula is C27H28ClN7O6. The molecule has 1 aliphatic rings. The Labute approximate surface area is 240 Å². The molecule has 2 heterocycles. The number of carboxylic acid groups (broad SMARTS) is 1. The lowest BCUT2D eigenvalue weighted by molar-refractivity contribution is -0.124. The fourth-order valence-corrected chi connectivity index (χ4v) is 4.75. The second-order valence-corrected chi connectivity index (χ2v) is 9.82. The third kappa shape index (κ3) is 7.88. The van der Waals surface area contributed by atoms with Crippen molar-refractivity contribution in [2.75, 3.05) is 25.5 Å². The first-order valence-electron chi connectivity index (χ1n) is 12.7. The van der Waals surface area contributed by atoms with Gasteiger partial charge in [-0.15, -0.1) is 5.10 Å². The Balaban J connectivity index is 1.51. The third-order valence-electron chi connectivity index (χ3n) is 6.55. The molecule has 1 saturated heterocycles. The Hall–Kier alpha value is -4.78. The van der Waals surface area contributed by atoms with Crippen LogP contribution in [0.3, 0.4) is 0 Å². The number of hydrogen-bond donors (Lipinski definition) is 3. The number of ether oxygens (including phenoxy) is 1. The zero-order chi connectivity index (χ0) is 29.4. The third-order valence-corrected chi connectivity index (χ3v) is 6.79. The molecule has 0 radical (unpaired) electrons. The fraction of sp³-hybridized carbons (Fsp3) is 0.296. The molecule has 41 heavy (non-hydrogen) atoms. The zero-order valence-corrected chi connectivity index (χ0v) is 22.8. The van der Waals surface area contributed by atoms with Crippen LogP contribution in [0.4, 0.5) is 10.5 Å². The highest BCUT2D eigenvalue weighted by molar-refractivity contribution is 6.30. The van der Waals surface area contributed by atoms with E-state index in [1.807, 2.05) is 0 Å². The molecule has 4 rings (SSSR count). The minimum absolute atomic E-state index is 0.0726. The molecule has 0 bridgehead atoms. The number of methoxy groups -OCH3 is 1. The van der Waals surface area contributed by atoms with Crippen LogP contribution in [0.5, 0.6) is 0 Å². The van der Waals surface area contributed by atoms with E-state index < -0.39 is 29.9 Å². The number of piperidine rings is 1. The number of nitrogens with one attached hydrogen (secondary N) is 2. The van der Waals surface area contributed by atoms with E-state index in [0.29, 0.717) is 35.1 Å². The van der Waals surface area contributed by atoms with Crippen molar-refractivity contribution in [1.82, 2.24) is 30.4 Å². The maximum Gasteiger partial charge on any atom is 0.409 e. The van der Waals surface area contributed by atoms with Gasteiger partial charge in [0.05, 0.1) is 18.4 Å². The van der Waals surface area contributed by atoms with Crippen LogP contribution in [-0.2, 0) is 14.3 Å². The van der Waals surface area contributed by atoms with Crippen molar-refractivity contribution >= 4 is 47.2 Å². The van der Waals surface area contributed by atoms with Crippen molar-refractivity contribution in [3.63, 3.8) is 0 Å². The summed E-state index contributed by atoms with van der Waals surface area (Å²) in [6.07, 6.45) is 5.54. The van der Waals surface area contributed by atoms with Crippen LogP contribution in [0.25, 0.3) is 11.8 Å². The first-order valence-corrected chi connectivity index (χ1v) is 13.1. The van der Waals surface area contributed by atoms with E-state index in [4.69, 9.17) is 21.4 Å². The average Bonchev–Trinajstić information content (AvgIpc) is 3.50. The summed E-state index contributed by atoms with van der Waals surface area (Å²) in [6, 6.07) is 9.76. The predicted octanol–water partition coefficient (Wildman–Crippen LogP) is 3.02. The number of rotatable bonds is 9. The second kappa shape index (κ2) is 13.5. The van der Waals surface area contributed by atoms with Gasteiger partial charge in [0.15, 0.2) is 0 Å². The molecule has 3 N–H and O–H groups in total. The normalized spacial score (nSPS) is 15.8. The lowest BCUT2D eigenvalue weighted by Gasteiger charge is -2.33. The predicted molar refractivity (Wildman–Crippen MR) is 148 cm³/mol. The minimum Gasteiger partial charge on any atom is -0.478 e. The van der Waals surface area contributed by atoms with E-state index in [1.54, 1.807) is 23.1 Å². The SMILES string of the molecule is COC(=O)N1CCCC(C[C@H](NC(=O)/C=C/c2cc(Cl)ccc2-n2cnnn2)C(=O)Nc2ccc(C(=O)O)cc2)C1. The summed E-state index contributed by atoms with van der Waals surface area (Å²) < 4.78 is 6.27. The maximum absolute atomic E-state index is 13.3. The lowest BCUT2D eigenvalue weighted by atomic mass is 9.91. The monoisotopic (exact) mass is 581 g/mol. The number of carbonyl (C=O) groups is 4. The van der Waals surface area contributed by atoms with E-state index in [1.165, 1.54) is 54.5 Å². The van der Waals surface area contributed by atoms with E-state index in [-0.39, 0.29) is 17.9 Å². The van der Waals surface area contributed by atoms with Crippen LogP contribution >= 0.6 is 11.6 Å². The van der Waals surface area contributed by atoms with Crippen molar-refractivity contribution in [1.29, 1.82) is 0 Å². The van der Waals surface area contributed by atoms with Crippen LogP contribution in [0, 0.1) is 5.92 Å². The van der Waals surface area contributed by atoms with Gasteiger partial charge < -0.3 is 25.4 Å². The van der Waals surface area contributed by atoms with E-state index in [9.17, 15) is 19.2 Å².